The maximum Gasteiger partial charge on any atom is 0.160 e. The van der Waals surface area contributed by atoms with E-state index in [1.807, 2.05) is 48.5 Å². The van der Waals surface area contributed by atoms with Gasteiger partial charge in [-0.1, -0.05) is 164 Å². The van der Waals surface area contributed by atoms with Gasteiger partial charge in [0.05, 0.1) is 22.6 Å². The molecule has 0 aliphatic carbocycles. The second-order valence-electron chi connectivity index (χ2n) is 15.3. The first-order valence-corrected chi connectivity index (χ1v) is 20.2. The highest BCUT2D eigenvalue weighted by molar-refractivity contribution is 6.33. The molecule has 0 bridgehead atoms. The van der Waals surface area contributed by atoms with Crippen LogP contribution < -0.4 is 0 Å². The van der Waals surface area contributed by atoms with Gasteiger partial charge in [-0.05, 0) is 87.1 Å². The van der Waals surface area contributed by atoms with Crippen molar-refractivity contribution in [3.05, 3.63) is 212 Å². The minimum absolute atomic E-state index is 0.268. The van der Waals surface area contributed by atoms with Crippen molar-refractivity contribution in [2.75, 3.05) is 0 Å². The number of rotatable bonds is 6. The Labute approximate surface area is 347 Å². The molecule has 0 amide bonds. The van der Waals surface area contributed by atoms with E-state index in [9.17, 15) is 4.39 Å². The molecule has 0 saturated heterocycles. The highest BCUT2D eigenvalue weighted by Crippen LogP contribution is 2.43. The normalized spacial score (nSPS) is 11.5. The molecule has 60 heavy (non-hydrogen) atoms. The van der Waals surface area contributed by atoms with E-state index < -0.39 is 0 Å². The fraction of sp³-hybridized carbons (Fsp3) is 0.0179. The molecule has 3 nitrogen and oxygen atoms in total. The fourth-order valence-electron chi connectivity index (χ4n) is 8.77. The number of fused-ring (bicyclic) bond motifs is 8. The van der Waals surface area contributed by atoms with Gasteiger partial charge in [0.15, 0.2) is 5.82 Å². The molecule has 0 saturated carbocycles. The molecule has 9 aromatic carbocycles. The zero-order chi connectivity index (χ0) is 40.2. The van der Waals surface area contributed by atoms with Crippen molar-refractivity contribution in [2.45, 2.75) is 6.92 Å². The summed E-state index contributed by atoms with van der Waals surface area (Å²) in [6.07, 6.45) is 0. The summed E-state index contributed by atoms with van der Waals surface area (Å²) >= 11 is 0. The van der Waals surface area contributed by atoms with Crippen molar-refractivity contribution in [1.82, 2.24) is 15.0 Å². The summed E-state index contributed by atoms with van der Waals surface area (Å²) < 4.78 is 14.2. The van der Waals surface area contributed by atoms with Crippen molar-refractivity contribution in [3.63, 3.8) is 0 Å². The fourth-order valence-corrected chi connectivity index (χ4v) is 8.77. The van der Waals surface area contributed by atoms with Crippen LogP contribution in [0, 0.1) is 12.7 Å². The number of halogens is 1. The lowest BCUT2D eigenvalue weighted by molar-refractivity contribution is 0.628. The average Bonchev–Trinajstić information content (AvgIpc) is 3.32. The quantitative estimate of drug-likeness (QED) is 0.158. The zero-order valence-electron chi connectivity index (χ0n) is 32.8. The predicted octanol–water partition coefficient (Wildman–Crippen LogP) is 14.9. The van der Waals surface area contributed by atoms with Crippen LogP contribution in [0.5, 0.6) is 0 Å². The molecular weight excluding hydrogens is 734 g/mol. The first-order valence-electron chi connectivity index (χ1n) is 20.2. The number of pyridine rings is 1. The molecule has 0 radical (unpaired) electrons. The minimum atomic E-state index is -0.268. The molecule has 0 N–H and O–H groups in total. The Balaban J connectivity index is 1.01. The van der Waals surface area contributed by atoms with Crippen LogP contribution in [0.3, 0.4) is 0 Å². The van der Waals surface area contributed by atoms with Gasteiger partial charge in [0, 0.05) is 44.0 Å². The van der Waals surface area contributed by atoms with Gasteiger partial charge in [0.25, 0.3) is 0 Å². The van der Waals surface area contributed by atoms with Crippen LogP contribution in [0.2, 0.25) is 0 Å². The average molecular weight is 770 g/mol. The molecule has 2 heterocycles. The van der Waals surface area contributed by atoms with Crippen molar-refractivity contribution < 1.29 is 4.39 Å². The van der Waals surface area contributed by atoms with Crippen LogP contribution >= 0.6 is 0 Å². The maximum absolute atomic E-state index is 14.2. The second kappa shape index (κ2) is 14.5. The Hall–Kier alpha value is -7.82. The molecule has 11 rings (SSSR count). The lowest BCUT2D eigenvalue weighted by Crippen LogP contribution is -2.00. The Morgan fingerprint density at radius 3 is 1.43 bits per heavy atom. The lowest BCUT2D eigenvalue weighted by Gasteiger charge is -2.17. The third-order valence-electron chi connectivity index (χ3n) is 11.7. The third kappa shape index (κ3) is 6.09. The number of nitrogens with zero attached hydrogens (tertiary/aromatic N) is 3. The monoisotopic (exact) mass is 769 g/mol. The highest BCUT2D eigenvalue weighted by atomic mass is 19.1. The molecule has 0 aliphatic rings. The number of hydrogen-bond acceptors (Lipinski definition) is 3. The molecule has 11 aromatic rings. The zero-order valence-corrected chi connectivity index (χ0v) is 32.8. The van der Waals surface area contributed by atoms with E-state index in [2.05, 4.69) is 146 Å². The Morgan fingerprint density at radius 2 is 0.783 bits per heavy atom. The first-order chi connectivity index (χ1) is 29.6. The lowest BCUT2D eigenvalue weighted by atomic mass is 9.89. The van der Waals surface area contributed by atoms with Crippen LogP contribution in [0.1, 0.15) is 5.56 Å². The van der Waals surface area contributed by atoms with E-state index in [4.69, 9.17) is 15.0 Å². The smallest absolute Gasteiger partial charge is 0.160 e. The summed E-state index contributed by atoms with van der Waals surface area (Å²) in [5.41, 5.74) is 13.0. The van der Waals surface area contributed by atoms with E-state index >= 15 is 0 Å². The molecule has 2 aromatic heterocycles. The van der Waals surface area contributed by atoms with Gasteiger partial charge in [-0.25, -0.2) is 19.3 Å². The minimum Gasteiger partial charge on any atom is -0.247 e. The summed E-state index contributed by atoms with van der Waals surface area (Å²) in [5.74, 6) is 0.434. The Kier molecular flexibility index (Phi) is 8.56. The van der Waals surface area contributed by atoms with Crippen molar-refractivity contribution >= 4 is 43.2 Å². The van der Waals surface area contributed by atoms with E-state index in [0.29, 0.717) is 5.82 Å². The SMILES string of the molecule is Cc1c(-c2ccccc2)nc(-c2ccccc2)nc1-c1cccc(-c2ccc(-c3ccc4c(c3)nc(-c3ccc(F)cc3)c3c5ccccc5c5ccccc5c43)cc2)c1. The van der Waals surface area contributed by atoms with Gasteiger partial charge in [-0.3, -0.25) is 0 Å². The van der Waals surface area contributed by atoms with Crippen molar-refractivity contribution in [3.8, 4) is 67.4 Å². The number of hydrogen-bond donors (Lipinski definition) is 0. The van der Waals surface area contributed by atoms with E-state index in [1.54, 1.807) is 0 Å². The Morgan fingerprint density at radius 1 is 0.317 bits per heavy atom. The van der Waals surface area contributed by atoms with E-state index in [1.165, 1.54) is 28.3 Å². The first kappa shape index (κ1) is 35.4. The standard InChI is InChI=1S/C56H36FN3/c1-35-53(38-13-4-2-5-14-38)59-56(40-15-6-3-7-16-40)60-54(35)43-18-12-17-41(33-43)36-23-25-37(26-24-36)42-29-32-49-50(34-42)58-55(39-27-30-44(57)31-28-39)52-48-22-11-9-20-46(48)45-19-8-10-21-47(45)51(49)52/h2-34H,1H3. The topological polar surface area (TPSA) is 38.7 Å². The summed E-state index contributed by atoms with van der Waals surface area (Å²) in [6, 6.07) is 68.3. The van der Waals surface area contributed by atoms with Crippen LogP contribution in [0.4, 0.5) is 4.39 Å². The second-order valence-corrected chi connectivity index (χ2v) is 15.3. The van der Waals surface area contributed by atoms with Crippen LogP contribution in [-0.2, 0) is 0 Å². The van der Waals surface area contributed by atoms with Gasteiger partial charge in [0.1, 0.15) is 5.82 Å². The summed E-state index contributed by atoms with van der Waals surface area (Å²) in [4.78, 5) is 15.6. The summed E-state index contributed by atoms with van der Waals surface area (Å²) in [7, 11) is 0. The highest BCUT2D eigenvalue weighted by Gasteiger charge is 2.19. The van der Waals surface area contributed by atoms with Crippen molar-refractivity contribution in [2.24, 2.45) is 0 Å². The van der Waals surface area contributed by atoms with Crippen LogP contribution in [-0.4, -0.2) is 15.0 Å². The molecule has 0 fully saturated rings. The largest absolute Gasteiger partial charge is 0.247 e. The van der Waals surface area contributed by atoms with E-state index in [0.717, 1.165) is 94.2 Å². The van der Waals surface area contributed by atoms with Gasteiger partial charge < -0.3 is 0 Å². The predicted molar refractivity (Wildman–Crippen MR) is 247 cm³/mol. The van der Waals surface area contributed by atoms with Crippen molar-refractivity contribution in [1.29, 1.82) is 0 Å². The molecule has 4 heteroatoms. The van der Waals surface area contributed by atoms with Gasteiger partial charge >= 0.3 is 0 Å². The Bertz CT molecular complexity index is 3420. The molecule has 0 unspecified atom stereocenters. The maximum atomic E-state index is 14.2. The summed E-state index contributed by atoms with van der Waals surface area (Å²) in [5, 5.41) is 7.99. The van der Waals surface area contributed by atoms with Crippen LogP contribution in [0.15, 0.2) is 200 Å². The van der Waals surface area contributed by atoms with Gasteiger partial charge in [-0.2, -0.15) is 0 Å². The van der Waals surface area contributed by atoms with E-state index in [-0.39, 0.29) is 5.82 Å². The molecule has 0 atom stereocenters. The molecule has 0 spiro atoms. The van der Waals surface area contributed by atoms with Gasteiger partial charge in [0.2, 0.25) is 0 Å². The van der Waals surface area contributed by atoms with Gasteiger partial charge in [-0.15, -0.1) is 0 Å². The molecular formula is C56H36FN3. The number of benzene rings is 9. The molecule has 0 aliphatic heterocycles. The van der Waals surface area contributed by atoms with Crippen LogP contribution in [0.25, 0.3) is 111 Å². The third-order valence-corrected chi connectivity index (χ3v) is 11.7. The summed E-state index contributed by atoms with van der Waals surface area (Å²) in [6.45, 7) is 2.11. The number of aromatic nitrogens is 3. The molecule has 282 valence electrons.